The molecule has 2 heteroatoms. The molecule has 0 unspecified atom stereocenters. The molecule has 0 aliphatic heterocycles. The van der Waals surface area contributed by atoms with Crippen molar-refractivity contribution >= 4 is 17.7 Å². The Balaban J connectivity index is 0. The largest absolute Gasteiger partial charge is 0.288 e. The van der Waals surface area contributed by atoms with Crippen LogP contribution in [-0.2, 0) is 4.79 Å². The minimum Gasteiger partial charge on any atom is -0.288 e. The lowest BCUT2D eigenvalue weighted by Crippen LogP contribution is -1.87. The fourth-order valence-corrected chi connectivity index (χ4v) is 5.82. The summed E-state index contributed by atoms with van der Waals surface area (Å²) in [6.45, 7) is 8.33. The van der Waals surface area contributed by atoms with Gasteiger partial charge in [-0.3, -0.25) is 4.79 Å². The molecule has 0 aromatic carbocycles. The molecule has 41 heavy (non-hydrogen) atoms. The van der Waals surface area contributed by atoms with E-state index >= 15 is 0 Å². The normalized spacial score (nSPS) is 10.9. The van der Waals surface area contributed by atoms with Gasteiger partial charge in [0.1, 0.15) is 0 Å². The second-order valence-electron chi connectivity index (χ2n) is 12.8. The predicted octanol–water partition coefficient (Wildman–Crippen LogP) is 14.9. The number of allylic oxidation sites excluding steroid dienone is 1. The van der Waals surface area contributed by atoms with Gasteiger partial charge in [0.2, 0.25) is 0 Å². The van der Waals surface area contributed by atoms with Crippen LogP contribution >= 0.6 is 12.6 Å². The van der Waals surface area contributed by atoms with Crippen molar-refractivity contribution in [2.24, 2.45) is 0 Å². The lowest BCUT2D eigenvalue weighted by molar-refractivity contribution is -0.110. The highest BCUT2D eigenvalue weighted by Gasteiger charge is 1.97. The molecular formula is C39H78OS. The molecule has 0 spiro atoms. The Morgan fingerprint density at radius 3 is 0.854 bits per heavy atom. The maximum Gasteiger partial charge on any atom is 0.185 e. The van der Waals surface area contributed by atoms with Gasteiger partial charge in [0.15, 0.2) is 5.12 Å². The Hall–Kier alpha value is -0.240. The van der Waals surface area contributed by atoms with Crippen molar-refractivity contribution in [3.8, 4) is 0 Å². The monoisotopic (exact) mass is 595 g/mol. The van der Waals surface area contributed by atoms with Gasteiger partial charge in [-0.2, -0.15) is 0 Å². The second-order valence-corrected chi connectivity index (χ2v) is 13.3. The summed E-state index contributed by atoms with van der Waals surface area (Å²) >= 11 is 3.79. The summed E-state index contributed by atoms with van der Waals surface area (Å²) in [5, 5.41) is 0.0430. The third kappa shape index (κ3) is 46.9. The van der Waals surface area contributed by atoms with Gasteiger partial charge in [0.25, 0.3) is 0 Å². The van der Waals surface area contributed by atoms with Gasteiger partial charge < -0.3 is 0 Å². The van der Waals surface area contributed by atoms with E-state index in [0.717, 1.165) is 6.42 Å². The van der Waals surface area contributed by atoms with E-state index < -0.39 is 0 Å². The topological polar surface area (TPSA) is 17.1 Å². The molecule has 0 aromatic heterocycles. The molecule has 0 amide bonds. The van der Waals surface area contributed by atoms with E-state index in [-0.39, 0.29) is 5.12 Å². The van der Waals surface area contributed by atoms with Gasteiger partial charge in [-0.1, -0.05) is 213 Å². The van der Waals surface area contributed by atoms with E-state index in [1.165, 1.54) is 205 Å². The highest BCUT2D eigenvalue weighted by atomic mass is 32.1. The smallest absolute Gasteiger partial charge is 0.185 e. The average Bonchev–Trinajstić information content (AvgIpc) is 2.97. The molecule has 0 atom stereocenters. The van der Waals surface area contributed by atoms with Gasteiger partial charge in [0.05, 0.1) is 0 Å². The predicted molar refractivity (Wildman–Crippen MR) is 193 cm³/mol. The van der Waals surface area contributed by atoms with Gasteiger partial charge >= 0.3 is 0 Å². The van der Waals surface area contributed by atoms with E-state index in [4.69, 9.17) is 0 Å². The Morgan fingerprint density at radius 1 is 0.415 bits per heavy atom. The molecule has 0 rings (SSSR count). The van der Waals surface area contributed by atoms with E-state index in [0.29, 0.717) is 6.42 Å². The van der Waals surface area contributed by atoms with Gasteiger partial charge in [-0.05, 0) is 19.3 Å². The molecule has 0 saturated heterocycles. The SMILES string of the molecule is C=CCCCCCCCCCCCCCCCC.CCCCCCCCCCCCCCCCCCCCC(=O)S. The zero-order chi connectivity index (χ0) is 30.3. The quantitative estimate of drug-likeness (QED) is 0.0445. The summed E-state index contributed by atoms with van der Waals surface area (Å²) in [6.07, 6.45) is 49.0. The molecule has 0 N–H and O–H groups in total. The van der Waals surface area contributed by atoms with Gasteiger partial charge in [0, 0.05) is 6.42 Å². The number of unbranched alkanes of at least 4 members (excludes halogenated alkanes) is 31. The van der Waals surface area contributed by atoms with E-state index in [2.05, 4.69) is 33.1 Å². The molecule has 0 aliphatic rings. The van der Waals surface area contributed by atoms with Gasteiger partial charge in [-0.15, -0.1) is 19.2 Å². The van der Waals surface area contributed by atoms with Gasteiger partial charge in [-0.25, -0.2) is 0 Å². The van der Waals surface area contributed by atoms with Crippen molar-refractivity contribution < 1.29 is 4.79 Å². The van der Waals surface area contributed by atoms with Crippen LogP contribution in [0.15, 0.2) is 12.7 Å². The van der Waals surface area contributed by atoms with Crippen LogP contribution in [-0.4, -0.2) is 5.12 Å². The first kappa shape index (κ1) is 42.9. The molecule has 0 fully saturated rings. The third-order valence-electron chi connectivity index (χ3n) is 8.51. The Morgan fingerprint density at radius 2 is 0.634 bits per heavy atom. The average molecular weight is 595 g/mol. The Bertz CT molecular complexity index is 474. The first-order valence-electron chi connectivity index (χ1n) is 19.0. The van der Waals surface area contributed by atoms with Crippen LogP contribution in [0.3, 0.4) is 0 Å². The minimum atomic E-state index is 0.0430. The fraction of sp³-hybridized carbons (Fsp3) is 0.923. The molecule has 0 radical (unpaired) electrons. The van der Waals surface area contributed by atoms with Crippen LogP contribution in [0.2, 0.25) is 0 Å². The molecular weight excluding hydrogens is 516 g/mol. The standard InChI is InChI=1S/C21H42OS.C18H36/c1-2-3-4-5-6-7-8-9-10-11-12-13-14-15-16-17-18-19-20-21(22)23;1-3-5-7-9-11-13-15-17-18-16-14-12-10-8-6-4-2/h2-20H2,1H3,(H,22,23);3H,1,4-18H2,2H3. The maximum absolute atomic E-state index is 10.7. The van der Waals surface area contributed by atoms with Crippen molar-refractivity contribution in [3.63, 3.8) is 0 Å². The number of carbonyl (C=O) groups is 1. The Labute approximate surface area is 266 Å². The summed E-state index contributed by atoms with van der Waals surface area (Å²) in [4.78, 5) is 10.7. The summed E-state index contributed by atoms with van der Waals surface area (Å²) < 4.78 is 0. The van der Waals surface area contributed by atoms with Crippen molar-refractivity contribution in [3.05, 3.63) is 12.7 Å². The summed E-state index contributed by atoms with van der Waals surface area (Å²) in [6, 6.07) is 0. The molecule has 0 aromatic rings. The van der Waals surface area contributed by atoms with Crippen LogP contribution in [0.4, 0.5) is 0 Å². The first-order valence-corrected chi connectivity index (χ1v) is 19.5. The van der Waals surface area contributed by atoms with Crippen LogP contribution in [0, 0.1) is 0 Å². The number of hydrogen-bond acceptors (Lipinski definition) is 1. The van der Waals surface area contributed by atoms with E-state index in [1.807, 2.05) is 6.08 Å². The zero-order valence-corrected chi connectivity index (χ0v) is 29.6. The van der Waals surface area contributed by atoms with E-state index in [9.17, 15) is 4.79 Å². The summed E-state index contributed by atoms with van der Waals surface area (Å²) in [7, 11) is 0. The molecule has 0 heterocycles. The van der Waals surface area contributed by atoms with E-state index in [1.54, 1.807) is 0 Å². The number of carbonyl (C=O) groups excluding carboxylic acids is 1. The van der Waals surface area contributed by atoms with Crippen LogP contribution in [0.25, 0.3) is 0 Å². The van der Waals surface area contributed by atoms with Crippen molar-refractivity contribution in [1.82, 2.24) is 0 Å². The lowest BCUT2D eigenvalue weighted by Gasteiger charge is -2.03. The number of hydrogen-bond donors (Lipinski definition) is 1. The number of thiol groups is 1. The molecule has 0 saturated carbocycles. The van der Waals surface area contributed by atoms with Crippen molar-refractivity contribution in [1.29, 1.82) is 0 Å². The molecule has 246 valence electrons. The van der Waals surface area contributed by atoms with Crippen molar-refractivity contribution in [2.75, 3.05) is 0 Å². The van der Waals surface area contributed by atoms with Crippen LogP contribution < -0.4 is 0 Å². The van der Waals surface area contributed by atoms with Crippen LogP contribution in [0.1, 0.15) is 232 Å². The Kier molecular flexibility index (Phi) is 43.8. The fourth-order valence-electron chi connectivity index (χ4n) is 5.66. The highest BCUT2D eigenvalue weighted by Crippen LogP contribution is 2.15. The maximum atomic E-state index is 10.7. The zero-order valence-electron chi connectivity index (χ0n) is 28.7. The molecule has 0 bridgehead atoms. The lowest BCUT2D eigenvalue weighted by atomic mass is 10.0. The van der Waals surface area contributed by atoms with Crippen molar-refractivity contribution in [2.45, 2.75) is 232 Å². The highest BCUT2D eigenvalue weighted by molar-refractivity contribution is 7.96. The summed E-state index contributed by atoms with van der Waals surface area (Å²) in [5.74, 6) is 0. The molecule has 1 nitrogen and oxygen atoms in total. The number of rotatable bonds is 34. The summed E-state index contributed by atoms with van der Waals surface area (Å²) in [5.41, 5.74) is 0. The minimum absolute atomic E-state index is 0.0430. The first-order chi connectivity index (χ1) is 20.2. The van der Waals surface area contributed by atoms with Crippen LogP contribution in [0.5, 0.6) is 0 Å². The third-order valence-corrected chi connectivity index (χ3v) is 8.73. The molecule has 0 aliphatic carbocycles. The second kappa shape index (κ2) is 41.9.